The lowest BCUT2D eigenvalue weighted by Crippen LogP contribution is -2.24. The maximum atomic E-state index is 13.4. The molecule has 0 fully saturated rings. The van der Waals surface area contributed by atoms with E-state index in [-0.39, 0.29) is 23.1 Å². The molecule has 3 aromatic rings. The van der Waals surface area contributed by atoms with Crippen LogP contribution in [0.15, 0.2) is 51.9 Å². The Kier molecular flexibility index (Phi) is 5.21. The molecule has 0 unspecified atom stereocenters. The molecule has 10 heteroatoms. The van der Waals surface area contributed by atoms with E-state index in [0.29, 0.717) is 16.4 Å². The van der Waals surface area contributed by atoms with Crippen molar-refractivity contribution in [3.8, 4) is 17.1 Å². The highest BCUT2D eigenvalue weighted by atomic mass is 35.5. The van der Waals surface area contributed by atoms with Crippen molar-refractivity contribution in [2.24, 2.45) is 0 Å². The molecular formula is C16H13ClFN3O4S. The standard InChI is InChI=1S/C16H13ClFN3O4S/c1-24-13-7-6-12(18)8-14(13)26(22,23)19-9-15-20-16(21-25-15)10-2-4-11(17)5-3-10/h2-8,19H,9H2,1H3. The first-order valence-corrected chi connectivity index (χ1v) is 9.17. The number of halogens is 2. The molecule has 0 aliphatic heterocycles. The summed E-state index contributed by atoms with van der Waals surface area (Å²) < 4.78 is 50.4. The number of methoxy groups -OCH3 is 1. The summed E-state index contributed by atoms with van der Waals surface area (Å²) in [4.78, 5) is 3.79. The Morgan fingerprint density at radius 1 is 1.23 bits per heavy atom. The molecule has 0 aliphatic rings. The molecule has 3 rings (SSSR count). The number of hydrogen-bond donors (Lipinski definition) is 1. The van der Waals surface area contributed by atoms with Gasteiger partial charge in [-0.2, -0.15) is 4.98 Å². The van der Waals surface area contributed by atoms with Crippen LogP contribution in [0.1, 0.15) is 5.89 Å². The van der Waals surface area contributed by atoms with Crippen LogP contribution in [0, 0.1) is 5.82 Å². The van der Waals surface area contributed by atoms with Crippen molar-refractivity contribution in [2.75, 3.05) is 7.11 Å². The van der Waals surface area contributed by atoms with Crippen molar-refractivity contribution >= 4 is 21.6 Å². The molecule has 136 valence electrons. The van der Waals surface area contributed by atoms with Gasteiger partial charge in [0, 0.05) is 10.6 Å². The monoisotopic (exact) mass is 397 g/mol. The molecule has 26 heavy (non-hydrogen) atoms. The van der Waals surface area contributed by atoms with Gasteiger partial charge in [0.25, 0.3) is 0 Å². The van der Waals surface area contributed by atoms with Gasteiger partial charge in [-0.25, -0.2) is 17.5 Å². The first-order chi connectivity index (χ1) is 12.4. The van der Waals surface area contributed by atoms with Crippen LogP contribution in [0.4, 0.5) is 4.39 Å². The van der Waals surface area contributed by atoms with E-state index in [1.165, 1.54) is 13.2 Å². The fraction of sp³-hybridized carbons (Fsp3) is 0.125. The number of sulfonamides is 1. The predicted octanol–water partition coefficient (Wildman–Crippen LogP) is 3.02. The maximum absolute atomic E-state index is 13.4. The SMILES string of the molecule is COc1ccc(F)cc1S(=O)(=O)NCc1nc(-c2ccc(Cl)cc2)no1. The summed E-state index contributed by atoms with van der Waals surface area (Å²) in [5.74, 6) is -0.339. The summed E-state index contributed by atoms with van der Waals surface area (Å²) in [6.07, 6.45) is 0. The number of hydrogen-bond acceptors (Lipinski definition) is 6. The Morgan fingerprint density at radius 3 is 2.65 bits per heavy atom. The van der Waals surface area contributed by atoms with Gasteiger partial charge < -0.3 is 9.26 Å². The van der Waals surface area contributed by atoms with Gasteiger partial charge in [-0.15, -0.1) is 0 Å². The zero-order chi connectivity index (χ0) is 18.7. The summed E-state index contributed by atoms with van der Waals surface area (Å²) in [6.45, 7) is -0.261. The molecule has 0 radical (unpaired) electrons. The summed E-state index contributed by atoms with van der Waals surface area (Å²) in [7, 11) is -2.75. The Labute approximate surface area is 153 Å². The Balaban J connectivity index is 1.77. The van der Waals surface area contributed by atoms with E-state index in [9.17, 15) is 12.8 Å². The normalized spacial score (nSPS) is 11.5. The summed E-state index contributed by atoms with van der Waals surface area (Å²) >= 11 is 5.82. The van der Waals surface area contributed by atoms with E-state index in [0.717, 1.165) is 12.1 Å². The lowest BCUT2D eigenvalue weighted by Gasteiger charge is -2.09. The molecule has 1 aromatic heterocycles. The van der Waals surface area contributed by atoms with Crippen molar-refractivity contribution in [3.63, 3.8) is 0 Å². The Morgan fingerprint density at radius 2 is 1.96 bits per heavy atom. The van der Waals surface area contributed by atoms with E-state index in [4.69, 9.17) is 20.9 Å². The summed E-state index contributed by atoms with van der Waals surface area (Å²) in [6, 6.07) is 9.97. The van der Waals surface area contributed by atoms with E-state index < -0.39 is 15.8 Å². The highest BCUT2D eigenvalue weighted by molar-refractivity contribution is 7.89. The molecule has 0 aliphatic carbocycles. The Hall–Kier alpha value is -2.49. The van der Waals surface area contributed by atoms with Crippen molar-refractivity contribution in [1.29, 1.82) is 0 Å². The van der Waals surface area contributed by atoms with E-state index in [2.05, 4.69) is 14.9 Å². The number of nitrogens with one attached hydrogen (secondary N) is 1. The number of ether oxygens (including phenoxy) is 1. The third-order valence-electron chi connectivity index (χ3n) is 3.40. The molecule has 0 spiro atoms. The zero-order valence-corrected chi connectivity index (χ0v) is 15.0. The quantitative estimate of drug-likeness (QED) is 0.687. The van der Waals surface area contributed by atoms with Crippen LogP contribution < -0.4 is 9.46 Å². The van der Waals surface area contributed by atoms with E-state index in [1.54, 1.807) is 24.3 Å². The molecular weight excluding hydrogens is 385 g/mol. The lowest BCUT2D eigenvalue weighted by molar-refractivity contribution is 0.375. The fourth-order valence-corrected chi connectivity index (χ4v) is 3.42. The molecule has 2 aromatic carbocycles. The second kappa shape index (κ2) is 7.40. The maximum Gasteiger partial charge on any atom is 0.244 e. The van der Waals surface area contributed by atoms with Gasteiger partial charge in [0.15, 0.2) is 0 Å². The van der Waals surface area contributed by atoms with Crippen molar-refractivity contribution in [2.45, 2.75) is 11.4 Å². The van der Waals surface area contributed by atoms with Crippen molar-refractivity contribution in [1.82, 2.24) is 14.9 Å². The molecule has 7 nitrogen and oxygen atoms in total. The molecule has 1 N–H and O–H groups in total. The molecule has 0 amide bonds. The number of benzene rings is 2. The Bertz CT molecular complexity index is 1020. The van der Waals surface area contributed by atoms with E-state index >= 15 is 0 Å². The topological polar surface area (TPSA) is 94.3 Å². The highest BCUT2D eigenvalue weighted by Gasteiger charge is 2.21. The van der Waals surface area contributed by atoms with Crippen molar-refractivity contribution in [3.05, 3.63) is 59.2 Å². The average molecular weight is 398 g/mol. The van der Waals surface area contributed by atoms with Gasteiger partial charge in [-0.05, 0) is 42.5 Å². The molecule has 0 saturated heterocycles. The van der Waals surface area contributed by atoms with Crippen LogP contribution in [-0.4, -0.2) is 25.7 Å². The van der Waals surface area contributed by atoms with Gasteiger partial charge in [-0.3, -0.25) is 0 Å². The molecule has 0 bridgehead atoms. The minimum atomic E-state index is -4.04. The third-order valence-corrected chi connectivity index (χ3v) is 5.07. The second-order valence-electron chi connectivity index (χ2n) is 5.14. The highest BCUT2D eigenvalue weighted by Crippen LogP contribution is 2.24. The smallest absolute Gasteiger partial charge is 0.244 e. The number of nitrogens with zero attached hydrogens (tertiary/aromatic N) is 2. The van der Waals surface area contributed by atoms with Gasteiger partial charge in [0.2, 0.25) is 21.7 Å². The van der Waals surface area contributed by atoms with Gasteiger partial charge in [-0.1, -0.05) is 16.8 Å². The second-order valence-corrected chi connectivity index (χ2v) is 7.31. The number of aromatic nitrogens is 2. The first-order valence-electron chi connectivity index (χ1n) is 7.31. The molecule has 0 atom stereocenters. The lowest BCUT2D eigenvalue weighted by atomic mass is 10.2. The fourth-order valence-electron chi connectivity index (χ4n) is 2.14. The van der Waals surface area contributed by atoms with Crippen molar-refractivity contribution < 1.29 is 22.1 Å². The molecule has 0 saturated carbocycles. The van der Waals surface area contributed by atoms with Crippen LogP contribution >= 0.6 is 11.6 Å². The largest absolute Gasteiger partial charge is 0.495 e. The van der Waals surface area contributed by atoms with Crippen LogP contribution in [0.3, 0.4) is 0 Å². The minimum Gasteiger partial charge on any atom is -0.495 e. The van der Waals surface area contributed by atoms with Crippen LogP contribution in [-0.2, 0) is 16.6 Å². The summed E-state index contributed by atoms with van der Waals surface area (Å²) in [5, 5.41) is 4.35. The minimum absolute atomic E-state index is 0.0197. The number of rotatable bonds is 6. The zero-order valence-electron chi connectivity index (χ0n) is 13.4. The van der Waals surface area contributed by atoms with Gasteiger partial charge >= 0.3 is 0 Å². The van der Waals surface area contributed by atoms with Crippen LogP contribution in [0.2, 0.25) is 5.02 Å². The van der Waals surface area contributed by atoms with Gasteiger partial charge in [0.1, 0.15) is 16.5 Å². The van der Waals surface area contributed by atoms with Crippen LogP contribution in [0.5, 0.6) is 5.75 Å². The van der Waals surface area contributed by atoms with Crippen LogP contribution in [0.25, 0.3) is 11.4 Å². The van der Waals surface area contributed by atoms with Gasteiger partial charge in [0.05, 0.1) is 13.7 Å². The third kappa shape index (κ3) is 4.01. The van der Waals surface area contributed by atoms with E-state index in [1.807, 2.05) is 0 Å². The first kappa shape index (κ1) is 18.3. The molecule has 1 heterocycles. The average Bonchev–Trinajstić information content (AvgIpc) is 3.10. The predicted molar refractivity (Wildman–Crippen MR) is 91.7 cm³/mol. The summed E-state index contributed by atoms with van der Waals surface area (Å²) in [5.41, 5.74) is 0.666.